The number of carbonyl (C=O) groups is 1. The number of benzene rings is 1. The fraction of sp³-hybridized carbons (Fsp3) is 0.533. The number of sulfonamides is 1. The second-order valence-electron chi connectivity index (χ2n) is 5.68. The molecule has 122 valence electrons. The van der Waals surface area contributed by atoms with E-state index in [0.717, 1.165) is 25.7 Å². The van der Waals surface area contributed by atoms with Gasteiger partial charge in [0, 0.05) is 12.1 Å². The molecule has 0 spiro atoms. The van der Waals surface area contributed by atoms with E-state index < -0.39 is 16.0 Å². The van der Waals surface area contributed by atoms with Crippen LogP contribution in [0, 0.1) is 0 Å². The van der Waals surface area contributed by atoms with Crippen molar-refractivity contribution in [2.75, 3.05) is 7.11 Å². The van der Waals surface area contributed by atoms with Gasteiger partial charge in [-0.2, -0.15) is 0 Å². The molecule has 0 aliphatic heterocycles. The Kier molecular flexibility index (Phi) is 5.55. The van der Waals surface area contributed by atoms with Crippen LogP contribution in [0.25, 0.3) is 0 Å². The molecular formula is C15H22N2O4S. The number of carbonyl (C=O) groups excluding carboxylic acids is 1. The quantitative estimate of drug-likeness (QED) is 0.791. The number of nitrogens with one attached hydrogen (secondary N) is 1. The van der Waals surface area contributed by atoms with Crippen LogP contribution in [0.15, 0.2) is 24.3 Å². The molecule has 22 heavy (non-hydrogen) atoms. The van der Waals surface area contributed by atoms with Crippen LogP contribution in [-0.4, -0.2) is 33.6 Å². The van der Waals surface area contributed by atoms with Crippen LogP contribution in [0.3, 0.4) is 0 Å². The summed E-state index contributed by atoms with van der Waals surface area (Å²) >= 11 is 0. The van der Waals surface area contributed by atoms with Gasteiger partial charge in [-0.1, -0.05) is 12.1 Å². The third-order valence-electron chi connectivity index (χ3n) is 3.82. The number of ether oxygens (including phenoxy) is 1. The average molecular weight is 326 g/mol. The first-order chi connectivity index (χ1) is 10.4. The highest BCUT2D eigenvalue weighted by atomic mass is 32.2. The lowest BCUT2D eigenvalue weighted by molar-refractivity contribution is 0.0600. The largest absolute Gasteiger partial charge is 0.465 e. The second kappa shape index (κ2) is 7.21. The molecule has 0 heterocycles. The Labute approximate surface area is 131 Å². The SMILES string of the molecule is COC(=O)c1cccc(CS(=O)(=O)NC2CCC(N)CC2)c1. The van der Waals surface area contributed by atoms with Crippen molar-refractivity contribution in [2.45, 2.75) is 43.5 Å². The van der Waals surface area contributed by atoms with Gasteiger partial charge in [0.25, 0.3) is 0 Å². The molecule has 0 aromatic heterocycles. The third kappa shape index (κ3) is 4.79. The molecule has 1 aromatic carbocycles. The molecule has 0 radical (unpaired) electrons. The number of hydrogen-bond donors (Lipinski definition) is 2. The summed E-state index contributed by atoms with van der Waals surface area (Å²) in [6.07, 6.45) is 3.21. The smallest absolute Gasteiger partial charge is 0.337 e. The molecule has 0 atom stereocenters. The average Bonchev–Trinajstić information content (AvgIpc) is 2.48. The van der Waals surface area contributed by atoms with E-state index in [1.807, 2.05) is 0 Å². The van der Waals surface area contributed by atoms with Crippen LogP contribution >= 0.6 is 0 Å². The summed E-state index contributed by atoms with van der Waals surface area (Å²) in [4.78, 5) is 11.5. The minimum absolute atomic E-state index is 0.0476. The molecule has 2 rings (SSSR count). The minimum Gasteiger partial charge on any atom is -0.465 e. The number of hydrogen-bond acceptors (Lipinski definition) is 5. The zero-order valence-corrected chi connectivity index (χ0v) is 13.4. The first-order valence-electron chi connectivity index (χ1n) is 7.32. The van der Waals surface area contributed by atoms with Gasteiger partial charge in [0.05, 0.1) is 18.4 Å². The lowest BCUT2D eigenvalue weighted by atomic mass is 9.93. The van der Waals surface area contributed by atoms with Crippen LogP contribution in [0.5, 0.6) is 0 Å². The molecule has 1 fully saturated rings. The summed E-state index contributed by atoms with van der Waals surface area (Å²) in [7, 11) is -2.15. The van der Waals surface area contributed by atoms with E-state index in [2.05, 4.69) is 9.46 Å². The van der Waals surface area contributed by atoms with Crippen molar-refractivity contribution in [3.8, 4) is 0 Å². The summed E-state index contributed by atoms with van der Waals surface area (Å²) in [6.45, 7) is 0. The van der Waals surface area contributed by atoms with Crippen LogP contribution in [0.2, 0.25) is 0 Å². The standard InChI is InChI=1S/C15H22N2O4S/c1-21-15(18)12-4-2-3-11(9-12)10-22(19,20)17-14-7-5-13(16)6-8-14/h2-4,9,13-14,17H,5-8,10,16H2,1H3. The Morgan fingerprint density at radius 3 is 2.64 bits per heavy atom. The van der Waals surface area contributed by atoms with Crippen molar-refractivity contribution in [3.05, 3.63) is 35.4 Å². The minimum atomic E-state index is -3.44. The zero-order chi connectivity index (χ0) is 16.2. The highest BCUT2D eigenvalue weighted by Gasteiger charge is 2.23. The molecule has 1 saturated carbocycles. The van der Waals surface area contributed by atoms with Gasteiger partial charge in [0.15, 0.2) is 0 Å². The Bertz CT molecular complexity index is 622. The maximum atomic E-state index is 12.2. The molecule has 1 aliphatic carbocycles. The van der Waals surface area contributed by atoms with Gasteiger partial charge in [-0.05, 0) is 43.4 Å². The molecule has 0 amide bonds. The van der Waals surface area contributed by atoms with E-state index in [9.17, 15) is 13.2 Å². The van der Waals surface area contributed by atoms with Crippen LogP contribution < -0.4 is 10.5 Å². The van der Waals surface area contributed by atoms with E-state index in [-0.39, 0.29) is 17.8 Å². The van der Waals surface area contributed by atoms with Gasteiger partial charge < -0.3 is 10.5 Å². The molecule has 0 unspecified atom stereocenters. The van der Waals surface area contributed by atoms with E-state index >= 15 is 0 Å². The van der Waals surface area contributed by atoms with Crippen LogP contribution in [0.1, 0.15) is 41.6 Å². The zero-order valence-electron chi connectivity index (χ0n) is 12.6. The normalized spacial score (nSPS) is 22.3. The van der Waals surface area contributed by atoms with E-state index in [4.69, 9.17) is 5.73 Å². The highest BCUT2D eigenvalue weighted by Crippen LogP contribution is 2.18. The van der Waals surface area contributed by atoms with Gasteiger partial charge in [-0.25, -0.2) is 17.9 Å². The fourth-order valence-corrected chi connectivity index (χ4v) is 4.10. The van der Waals surface area contributed by atoms with Crippen molar-refractivity contribution in [1.29, 1.82) is 0 Å². The van der Waals surface area contributed by atoms with Gasteiger partial charge in [0.1, 0.15) is 0 Å². The summed E-state index contributed by atoms with van der Waals surface area (Å²) in [5.74, 6) is -0.631. The van der Waals surface area contributed by atoms with Gasteiger partial charge in [-0.3, -0.25) is 0 Å². The van der Waals surface area contributed by atoms with Gasteiger partial charge in [-0.15, -0.1) is 0 Å². The van der Waals surface area contributed by atoms with Crippen molar-refractivity contribution in [3.63, 3.8) is 0 Å². The summed E-state index contributed by atoms with van der Waals surface area (Å²) in [6, 6.07) is 6.60. The van der Waals surface area contributed by atoms with E-state index in [1.165, 1.54) is 7.11 Å². The molecule has 3 N–H and O–H groups in total. The molecule has 0 bridgehead atoms. The van der Waals surface area contributed by atoms with Crippen molar-refractivity contribution in [1.82, 2.24) is 4.72 Å². The summed E-state index contributed by atoms with van der Waals surface area (Å²) in [5.41, 5.74) is 6.73. The number of esters is 1. The Morgan fingerprint density at radius 2 is 2.00 bits per heavy atom. The maximum Gasteiger partial charge on any atom is 0.337 e. The number of methoxy groups -OCH3 is 1. The Balaban J connectivity index is 2.01. The van der Waals surface area contributed by atoms with Crippen molar-refractivity contribution in [2.24, 2.45) is 5.73 Å². The number of rotatable bonds is 5. The van der Waals surface area contributed by atoms with E-state index in [0.29, 0.717) is 11.1 Å². The third-order valence-corrected chi connectivity index (χ3v) is 5.23. The molecule has 7 heteroatoms. The predicted molar refractivity (Wildman–Crippen MR) is 83.8 cm³/mol. The fourth-order valence-electron chi connectivity index (χ4n) is 2.66. The lowest BCUT2D eigenvalue weighted by Crippen LogP contribution is -2.40. The van der Waals surface area contributed by atoms with E-state index in [1.54, 1.807) is 24.3 Å². The molecular weight excluding hydrogens is 304 g/mol. The first-order valence-corrected chi connectivity index (χ1v) is 8.97. The Hall–Kier alpha value is -1.44. The maximum absolute atomic E-state index is 12.2. The molecule has 6 nitrogen and oxygen atoms in total. The highest BCUT2D eigenvalue weighted by molar-refractivity contribution is 7.88. The summed E-state index contributed by atoms with van der Waals surface area (Å²) < 4.78 is 31.8. The van der Waals surface area contributed by atoms with Gasteiger partial charge >= 0.3 is 5.97 Å². The molecule has 1 aliphatic rings. The molecule has 1 aromatic rings. The number of nitrogens with two attached hydrogens (primary N) is 1. The first kappa shape index (κ1) is 16.9. The Morgan fingerprint density at radius 1 is 1.32 bits per heavy atom. The van der Waals surface area contributed by atoms with Gasteiger partial charge in [0.2, 0.25) is 10.0 Å². The van der Waals surface area contributed by atoms with Crippen molar-refractivity contribution < 1.29 is 17.9 Å². The predicted octanol–water partition coefficient (Wildman–Crippen LogP) is 1.16. The van der Waals surface area contributed by atoms with Crippen LogP contribution in [-0.2, 0) is 20.5 Å². The lowest BCUT2D eigenvalue weighted by Gasteiger charge is -2.26. The summed E-state index contributed by atoms with van der Waals surface area (Å²) in [5, 5.41) is 0. The molecule has 0 saturated heterocycles. The monoisotopic (exact) mass is 326 g/mol. The topological polar surface area (TPSA) is 98.5 Å². The van der Waals surface area contributed by atoms with Crippen molar-refractivity contribution >= 4 is 16.0 Å². The second-order valence-corrected chi connectivity index (χ2v) is 7.43. The van der Waals surface area contributed by atoms with Crippen LogP contribution in [0.4, 0.5) is 0 Å².